The number of benzene rings is 1. The van der Waals surface area contributed by atoms with Crippen molar-refractivity contribution in [1.82, 2.24) is 0 Å². The lowest BCUT2D eigenvalue weighted by Crippen LogP contribution is -2.69. The molecule has 2 aliphatic rings. The molecule has 4 heteroatoms. The van der Waals surface area contributed by atoms with Crippen LogP contribution in [0.5, 0.6) is 5.75 Å². The number of methoxy groups -OCH3 is 1. The standard InChI is InChI=1S/C16H22O4/c1-11(2)15-14(3,4)10-18-16(15,20-19-15)12-7-6-8-13(9-12)17-5/h6-9,11H,10H2,1-5H3. The molecule has 2 unspecified atom stereocenters. The van der Waals surface area contributed by atoms with Crippen molar-refractivity contribution in [3.63, 3.8) is 0 Å². The molecule has 1 aromatic carbocycles. The molecule has 0 aliphatic carbocycles. The zero-order chi connectivity index (χ0) is 14.6. The Labute approximate surface area is 119 Å². The minimum atomic E-state index is -0.834. The lowest BCUT2D eigenvalue weighted by molar-refractivity contribution is -0.618. The number of ether oxygens (including phenoxy) is 2. The van der Waals surface area contributed by atoms with Gasteiger partial charge in [-0.05, 0) is 18.1 Å². The van der Waals surface area contributed by atoms with Gasteiger partial charge in [-0.3, -0.25) is 0 Å². The Hall–Kier alpha value is -1.10. The molecule has 4 nitrogen and oxygen atoms in total. The van der Waals surface area contributed by atoms with Crippen molar-refractivity contribution in [3.8, 4) is 5.75 Å². The summed E-state index contributed by atoms with van der Waals surface area (Å²) in [5.74, 6) is 0.220. The zero-order valence-electron chi connectivity index (χ0n) is 12.7. The maximum atomic E-state index is 6.10. The molecule has 110 valence electrons. The van der Waals surface area contributed by atoms with Crippen molar-refractivity contribution in [1.29, 1.82) is 0 Å². The van der Waals surface area contributed by atoms with E-state index in [0.717, 1.165) is 11.3 Å². The molecule has 2 saturated heterocycles. The van der Waals surface area contributed by atoms with E-state index in [4.69, 9.17) is 19.2 Å². The van der Waals surface area contributed by atoms with Crippen molar-refractivity contribution in [2.45, 2.75) is 39.1 Å². The average Bonchev–Trinajstić information content (AvgIpc) is 2.53. The van der Waals surface area contributed by atoms with Crippen LogP contribution in [0.4, 0.5) is 0 Å². The molecule has 0 aromatic heterocycles. The third kappa shape index (κ3) is 1.42. The fourth-order valence-electron chi connectivity index (χ4n) is 3.72. The highest BCUT2D eigenvalue weighted by Crippen LogP contribution is 2.65. The van der Waals surface area contributed by atoms with Gasteiger partial charge >= 0.3 is 0 Å². The van der Waals surface area contributed by atoms with Crippen LogP contribution >= 0.6 is 0 Å². The number of hydrogen-bond acceptors (Lipinski definition) is 4. The van der Waals surface area contributed by atoms with Gasteiger partial charge in [0.1, 0.15) is 5.75 Å². The second-order valence-corrected chi connectivity index (χ2v) is 6.58. The highest BCUT2D eigenvalue weighted by atomic mass is 17.3. The summed E-state index contributed by atoms with van der Waals surface area (Å²) >= 11 is 0. The third-order valence-corrected chi connectivity index (χ3v) is 4.68. The Morgan fingerprint density at radius 1 is 1.20 bits per heavy atom. The number of hydrogen-bond donors (Lipinski definition) is 0. The Morgan fingerprint density at radius 3 is 2.50 bits per heavy atom. The topological polar surface area (TPSA) is 36.9 Å². The van der Waals surface area contributed by atoms with Crippen LogP contribution in [0.2, 0.25) is 0 Å². The summed E-state index contributed by atoms with van der Waals surface area (Å²) in [7, 11) is 1.66. The first-order chi connectivity index (χ1) is 9.39. The fraction of sp³-hybridized carbons (Fsp3) is 0.625. The smallest absolute Gasteiger partial charge is 0.261 e. The van der Waals surface area contributed by atoms with E-state index < -0.39 is 11.4 Å². The second kappa shape index (κ2) is 4.20. The largest absolute Gasteiger partial charge is 0.497 e. The molecule has 0 bridgehead atoms. The molecule has 20 heavy (non-hydrogen) atoms. The maximum absolute atomic E-state index is 6.10. The summed E-state index contributed by atoms with van der Waals surface area (Å²) in [4.78, 5) is 11.2. The van der Waals surface area contributed by atoms with E-state index in [1.54, 1.807) is 7.11 Å². The summed E-state index contributed by atoms with van der Waals surface area (Å²) in [6.07, 6.45) is 0. The second-order valence-electron chi connectivity index (χ2n) is 6.58. The van der Waals surface area contributed by atoms with Crippen molar-refractivity contribution in [2.75, 3.05) is 13.7 Å². The van der Waals surface area contributed by atoms with Crippen LogP contribution in [-0.2, 0) is 20.3 Å². The van der Waals surface area contributed by atoms with E-state index in [-0.39, 0.29) is 11.3 Å². The molecule has 3 rings (SSSR count). The summed E-state index contributed by atoms with van der Waals surface area (Å²) in [6.45, 7) is 9.22. The molecule has 0 amide bonds. The third-order valence-electron chi connectivity index (χ3n) is 4.68. The van der Waals surface area contributed by atoms with E-state index in [1.165, 1.54) is 0 Å². The Bertz CT molecular complexity index is 525. The molecule has 1 aromatic rings. The Kier molecular flexibility index (Phi) is 2.91. The summed E-state index contributed by atoms with van der Waals surface area (Å²) in [6, 6.07) is 7.83. The van der Waals surface area contributed by atoms with Crippen LogP contribution in [-0.4, -0.2) is 19.3 Å². The van der Waals surface area contributed by atoms with E-state index >= 15 is 0 Å². The normalized spacial score (nSPS) is 34.7. The van der Waals surface area contributed by atoms with Crippen LogP contribution in [0.1, 0.15) is 33.3 Å². The molecule has 0 N–H and O–H groups in total. The van der Waals surface area contributed by atoms with Gasteiger partial charge in [-0.2, -0.15) is 4.89 Å². The van der Waals surface area contributed by atoms with Crippen molar-refractivity contribution < 1.29 is 19.2 Å². The molecule has 0 radical (unpaired) electrons. The highest BCUT2D eigenvalue weighted by molar-refractivity contribution is 5.36. The Morgan fingerprint density at radius 2 is 1.95 bits per heavy atom. The first-order valence-electron chi connectivity index (χ1n) is 7.05. The molecule has 2 heterocycles. The van der Waals surface area contributed by atoms with E-state index in [1.807, 2.05) is 24.3 Å². The first kappa shape index (κ1) is 13.9. The van der Waals surface area contributed by atoms with Gasteiger partial charge in [-0.15, -0.1) is 0 Å². The number of fused-ring (bicyclic) bond motifs is 1. The van der Waals surface area contributed by atoms with E-state index in [2.05, 4.69) is 27.7 Å². The molecular weight excluding hydrogens is 256 g/mol. The molecule has 0 spiro atoms. The van der Waals surface area contributed by atoms with Crippen LogP contribution in [0.15, 0.2) is 24.3 Å². The lowest BCUT2D eigenvalue weighted by atomic mass is 9.64. The van der Waals surface area contributed by atoms with Gasteiger partial charge in [0.15, 0.2) is 5.60 Å². The van der Waals surface area contributed by atoms with Crippen LogP contribution in [0.3, 0.4) is 0 Å². The summed E-state index contributed by atoms with van der Waals surface area (Å²) in [5, 5.41) is 0. The van der Waals surface area contributed by atoms with Crippen molar-refractivity contribution in [2.24, 2.45) is 11.3 Å². The fourth-order valence-corrected chi connectivity index (χ4v) is 3.72. The Balaban J connectivity index is 2.12. The molecule has 2 aliphatic heterocycles. The van der Waals surface area contributed by atoms with Gasteiger partial charge in [-0.1, -0.05) is 39.8 Å². The minimum Gasteiger partial charge on any atom is -0.497 e. The predicted molar refractivity (Wildman–Crippen MR) is 74.1 cm³/mol. The van der Waals surface area contributed by atoms with Gasteiger partial charge in [0.25, 0.3) is 5.79 Å². The molecule has 0 saturated carbocycles. The summed E-state index contributed by atoms with van der Waals surface area (Å²) in [5.41, 5.74) is 0.344. The monoisotopic (exact) mass is 278 g/mol. The van der Waals surface area contributed by atoms with Crippen LogP contribution in [0.25, 0.3) is 0 Å². The molecule has 2 fully saturated rings. The van der Waals surface area contributed by atoms with Crippen LogP contribution in [0, 0.1) is 11.3 Å². The van der Waals surface area contributed by atoms with E-state index in [0.29, 0.717) is 6.61 Å². The highest BCUT2D eigenvalue weighted by Gasteiger charge is 2.78. The van der Waals surface area contributed by atoms with Crippen molar-refractivity contribution >= 4 is 0 Å². The number of rotatable bonds is 3. The van der Waals surface area contributed by atoms with Gasteiger partial charge < -0.3 is 9.47 Å². The molecule has 2 atom stereocenters. The van der Waals surface area contributed by atoms with Gasteiger partial charge in [0.05, 0.1) is 13.7 Å². The van der Waals surface area contributed by atoms with Gasteiger partial charge in [0, 0.05) is 11.0 Å². The first-order valence-corrected chi connectivity index (χ1v) is 7.05. The maximum Gasteiger partial charge on any atom is 0.261 e. The minimum absolute atomic E-state index is 0.123. The predicted octanol–water partition coefficient (Wildman–Crippen LogP) is 3.26. The van der Waals surface area contributed by atoms with Gasteiger partial charge in [-0.25, -0.2) is 4.89 Å². The van der Waals surface area contributed by atoms with E-state index in [9.17, 15) is 0 Å². The van der Waals surface area contributed by atoms with Gasteiger partial charge in [0.2, 0.25) is 0 Å². The quantitative estimate of drug-likeness (QED) is 0.795. The van der Waals surface area contributed by atoms with Crippen molar-refractivity contribution in [3.05, 3.63) is 29.8 Å². The summed E-state index contributed by atoms with van der Waals surface area (Å²) < 4.78 is 11.4. The molecular formula is C16H22O4. The lowest BCUT2D eigenvalue weighted by Gasteiger charge is -2.57. The average molecular weight is 278 g/mol. The SMILES string of the molecule is COc1cccc(C23OCC(C)(C)C2(C(C)C)OO3)c1. The van der Waals surface area contributed by atoms with Crippen LogP contribution < -0.4 is 4.74 Å². The zero-order valence-corrected chi connectivity index (χ0v) is 12.7.